The molecule has 196 valence electrons. The lowest BCUT2D eigenvalue weighted by atomic mass is 10.1. The highest BCUT2D eigenvalue weighted by Crippen LogP contribution is 2.29. The second kappa shape index (κ2) is 10.9. The number of rotatable bonds is 9. The fourth-order valence-corrected chi connectivity index (χ4v) is 5.58. The van der Waals surface area contributed by atoms with E-state index in [4.69, 9.17) is 14.5 Å². The molecule has 0 saturated carbocycles. The van der Waals surface area contributed by atoms with Crippen molar-refractivity contribution in [1.82, 2.24) is 24.4 Å². The third-order valence-electron chi connectivity index (χ3n) is 6.86. The molecule has 2 aliphatic heterocycles. The van der Waals surface area contributed by atoms with E-state index >= 15 is 0 Å². The van der Waals surface area contributed by atoms with Gasteiger partial charge in [-0.05, 0) is 64.7 Å². The monoisotopic (exact) mass is 595 g/mol. The van der Waals surface area contributed by atoms with Crippen LogP contribution in [0.1, 0.15) is 40.4 Å². The van der Waals surface area contributed by atoms with Crippen molar-refractivity contribution in [3.63, 3.8) is 0 Å². The Kier molecular flexibility index (Phi) is 7.24. The number of imidazole rings is 1. The Balaban J connectivity index is 1.13. The molecule has 2 aliphatic rings. The van der Waals surface area contributed by atoms with Gasteiger partial charge in [0.15, 0.2) is 0 Å². The molecule has 11 heteroatoms. The molecule has 1 N–H and O–H groups in total. The van der Waals surface area contributed by atoms with Gasteiger partial charge < -0.3 is 19.1 Å². The van der Waals surface area contributed by atoms with Gasteiger partial charge in [0, 0.05) is 35.7 Å². The molecule has 0 bridgehead atoms. The highest BCUT2D eigenvalue weighted by atomic mass is 79.9. The maximum Gasteiger partial charge on any atom is 0.335 e. The fraction of sp³-hybridized carbons (Fsp3) is 0.333. The zero-order valence-corrected chi connectivity index (χ0v) is 22.9. The van der Waals surface area contributed by atoms with Crippen LogP contribution < -0.4 is 4.74 Å². The number of halogens is 1. The predicted molar refractivity (Wildman–Crippen MR) is 147 cm³/mol. The first-order valence-corrected chi connectivity index (χ1v) is 14.1. The number of benzene rings is 1. The molecular formula is C27H26BrN5O4S. The second-order valence-electron chi connectivity index (χ2n) is 9.40. The number of carbonyl (C=O) groups is 1. The Morgan fingerprint density at radius 3 is 2.87 bits per heavy atom. The summed E-state index contributed by atoms with van der Waals surface area (Å²) in [6.45, 7) is 4.19. The van der Waals surface area contributed by atoms with Crippen LogP contribution in [0.15, 0.2) is 52.5 Å². The molecule has 1 atom stereocenters. The maximum absolute atomic E-state index is 11.5. The van der Waals surface area contributed by atoms with Crippen molar-refractivity contribution in [3.8, 4) is 5.19 Å². The number of aromatic nitrogens is 4. The number of carboxylic acids is 1. The van der Waals surface area contributed by atoms with Crippen molar-refractivity contribution in [2.24, 2.45) is 0 Å². The van der Waals surface area contributed by atoms with E-state index in [1.807, 2.05) is 17.5 Å². The van der Waals surface area contributed by atoms with Crippen LogP contribution in [0.3, 0.4) is 0 Å². The van der Waals surface area contributed by atoms with E-state index < -0.39 is 5.97 Å². The molecule has 0 amide bonds. The number of ether oxygens (including phenoxy) is 2. The van der Waals surface area contributed by atoms with Crippen LogP contribution in [0.25, 0.3) is 16.6 Å². The van der Waals surface area contributed by atoms with Gasteiger partial charge in [-0.3, -0.25) is 9.88 Å². The van der Waals surface area contributed by atoms with E-state index in [9.17, 15) is 9.90 Å². The van der Waals surface area contributed by atoms with E-state index in [0.29, 0.717) is 24.9 Å². The first kappa shape index (κ1) is 25.2. The molecule has 9 nitrogen and oxygen atoms in total. The average molecular weight is 597 g/mol. The zero-order valence-electron chi connectivity index (χ0n) is 20.5. The quantitative estimate of drug-likeness (QED) is 0.288. The van der Waals surface area contributed by atoms with Gasteiger partial charge in [0.2, 0.25) is 0 Å². The average Bonchev–Trinajstić information content (AvgIpc) is 3.50. The molecule has 0 spiro atoms. The third-order valence-corrected chi connectivity index (χ3v) is 8.08. The summed E-state index contributed by atoms with van der Waals surface area (Å²) in [5.41, 5.74) is 4.96. The van der Waals surface area contributed by atoms with Gasteiger partial charge in [-0.2, -0.15) is 0 Å². The molecule has 0 aliphatic carbocycles. The second-order valence-corrected chi connectivity index (χ2v) is 11.1. The number of nitrogens with zero attached hydrogens (tertiary/aromatic N) is 5. The lowest BCUT2D eigenvalue weighted by molar-refractivity contribution is -0.0591. The molecule has 1 saturated heterocycles. The van der Waals surface area contributed by atoms with E-state index in [-0.39, 0.29) is 11.7 Å². The summed E-state index contributed by atoms with van der Waals surface area (Å²) in [6, 6.07) is 9.00. The van der Waals surface area contributed by atoms with Crippen molar-refractivity contribution >= 4 is 49.8 Å². The third kappa shape index (κ3) is 5.51. The molecule has 0 radical (unpaired) electrons. The van der Waals surface area contributed by atoms with Gasteiger partial charge in [-0.1, -0.05) is 17.4 Å². The maximum atomic E-state index is 11.5. The number of thiazole rings is 1. The van der Waals surface area contributed by atoms with E-state index in [1.54, 1.807) is 24.4 Å². The Hall–Kier alpha value is -3.12. The molecule has 1 aromatic carbocycles. The first-order chi connectivity index (χ1) is 18.5. The minimum Gasteiger partial charge on any atom is -0.478 e. The molecule has 1 fully saturated rings. The van der Waals surface area contributed by atoms with Gasteiger partial charge in [-0.15, -0.1) is 0 Å². The largest absolute Gasteiger partial charge is 0.478 e. The van der Waals surface area contributed by atoms with E-state index in [2.05, 4.69) is 41.4 Å². The highest BCUT2D eigenvalue weighted by Gasteiger charge is 2.24. The number of hydrogen-bond acceptors (Lipinski definition) is 8. The number of pyridine rings is 1. The fourth-order valence-electron chi connectivity index (χ4n) is 4.65. The van der Waals surface area contributed by atoms with Crippen molar-refractivity contribution in [2.75, 3.05) is 19.7 Å². The molecule has 5 heterocycles. The summed E-state index contributed by atoms with van der Waals surface area (Å²) in [6.07, 6.45) is 6.02. The van der Waals surface area contributed by atoms with Gasteiger partial charge >= 0.3 is 5.97 Å². The summed E-state index contributed by atoms with van der Waals surface area (Å²) in [5.74, 6) is -0.00356. The molecule has 38 heavy (non-hydrogen) atoms. The predicted octanol–water partition coefficient (Wildman–Crippen LogP) is 5.01. The summed E-state index contributed by atoms with van der Waals surface area (Å²) >= 11 is 4.89. The molecule has 4 aromatic rings. The summed E-state index contributed by atoms with van der Waals surface area (Å²) in [5, 5.41) is 12.2. The van der Waals surface area contributed by atoms with Crippen molar-refractivity contribution in [2.45, 2.75) is 38.6 Å². The van der Waals surface area contributed by atoms with Crippen LogP contribution in [-0.2, 0) is 24.4 Å². The van der Waals surface area contributed by atoms with Crippen molar-refractivity contribution in [1.29, 1.82) is 0 Å². The minimum atomic E-state index is -0.935. The Morgan fingerprint density at radius 2 is 2.16 bits per heavy atom. The van der Waals surface area contributed by atoms with Gasteiger partial charge in [0.25, 0.3) is 5.19 Å². The van der Waals surface area contributed by atoms with E-state index in [1.165, 1.54) is 16.9 Å². The van der Waals surface area contributed by atoms with Crippen molar-refractivity contribution in [3.05, 3.63) is 75.2 Å². The Morgan fingerprint density at radius 1 is 1.26 bits per heavy atom. The Labute approximate surface area is 231 Å². The Bertz CT molecular complexity index is 1500. The van der Waals surface area contributed by atoms with Crippen LogP contribution >= 0.6 is 27.3 Å². The summed E-state index contributed by atoms with van der Waals surface area (Å²) in [7, 11) is 0. The van der Waals surface area contributed by atoms with Gasteiger partial charge in [0.05, 0.1) is 47.2 Å². The van der Waals surface area contributed by atoms with Crippen LogP contribution in [0, 0.1) is 0 Å². The smallest absolute Gasteiger partial charge is 0.335 e. The van der Waals surface area contributed by atoms with Gasteiger partial charge in [-0.25, -0.2) is 14.8 Å². The summed E-state index contributed by atoms with van der Waals surface area (Å²) in [4.78, 5) is 27.8. The number of hydrogen-bond donors (Lipinski definition) is 1. The first-order valence-electron chi connectivity index (χ1n) is 12.5. The van der Waals surface area contributed by atoms with Crippen LogP contribution in [0.5, 0.6) is 5.19 Å². The van der Waals surface area contributed by atoms with Crippen LogP contribution in [-0.4, -0.2) is 61.3 Å². The normalized spacial score (nSPS) is 17.8. The minimum absolute atomic E-state index is 0.146. The van der Waals surface area contributed by atoms with Gasteiger partial charge in [0.1, 0.15) is 12.4 Å². The standard InChI is InChI=1S/C27H26BrN5O4S/c28-19-2-3-20(29-12-19)15-37-27-31-23(16-38-27)17-5-8-32(9-6-17)14-25-30-22-4-1-18(26(34)35)11-24(22)33(25)13-21-7-10-36-21/h1-5,11-12,16,21H,6-10,13-15H2,(H,34,35)/t21-/m0/s1. The number of carboxylic acid groups (broad SMARTS) is 1. The van der Waals surface area contributed by atoms with Crippen molar-refractivity contribution < 1.29 is 19.4 Å². The zero-order chi connectivity index (χ0) is 26.1. The highest BCUT2D eigenvalue weighted by molar-refractivity contribution is 9.10. The van der Waals surface area contributed by atoms with Crippen LogP contribution in [0.2, 0.25) is 0 Å². The topological polar surface area (TPSA) is 103 Å². The molecule has 3 aromatic heterocycles. The van der Waals surface area contributed by atoms with E-state index in [0.717, 1.165) is 65.3 Å². The molecule has 0 unspecified atom stereocenters. The lowest BCUT2D eigenvalue weighted by Gasteiger charge is -2.29. The molecule has 6 rings (SSSR count). The van der Waals surface area contributed by atoms with Crippen LogP contribution in [0.4, 0.5) is 0 Å². The SMILES string of the molecule is O=C(O)c1ccc2nc(CN3CC=C(c4csc(OCc5ccc(Br)cn5)n4)CC3)n(C[C@@H]3CCO3)c2c1. The summed E-state index contributed by atoms with van der Waals surface area (Å²) < 4.78 is 14.6. The molecular weight excluding hydrogens is 570 g/mol. The number of aromatic carboxylic acids is 1. The lowest BCUT2D eigenvalue weighted by Crippen LogP contribution is -2.33. The number of fused-ring (bicyclic) bond motifs is 1.